The summed E-state index contributed by atoms with van der Waals surface area (Å²) in [6.07, 6.45) is 7.72. The Kier molecular flexibility index (Phi) is 2.23. The molecule has 16 heavy (non-hydrogen) atoms. The first-order chi connectivity index (χ1) is 7.75. The molecule has 2 aliphatic carbocycles. The Morgan fingerprint density at radius 1 is 1.50 bits per heavy atom. The lowest BCUT2D eigenvalue weighted by Gasteiger charge is -2.23. The molecule has 1 aromatic heterocycles. The lowest BCUT2D eigenvalue weighted by Crippen LogP contribution is -2.16. The summed E-state index contributed by atoms with van der Waals surface area (Å²) >= 11 is 0. The van der Waals surface area contributed by atoms with Crippen LogP contribution in [-0.2, 0) is 11.2 Å². The van der Waals surface area contributed by atoms with Crippen molar-refractivity contribution in [2.24, 2.45) is 0 Å². The van der Waals surface area contributed by atoms with Crippen LogP contribution in [0.1, 0.15) is 55.5 Å². The standard InChI is InChI=1S/C12H16N2O2/c15-11(16)6-8-2-1-3-10-12(8)14(7-13-10)9-4-5-9/h7-9H,1-6H2,(H,15,16). The summed E-state index contributed by atoms with van der Waals surface area (Å²) in [6.45, 7) is 0. The minimum atomic E-state index is -0.693. The number of hydrogen-bond donors (Lipinski definition) is 1. The zero-order chi connectivity index (χ0) is 11.1. The van der Waals surface area contributed by atoms with Crippen molar-refractivity contribution in [2.45, 2.75) is 50.5 Å². The molecule has 1 saturated carbocycles. The van der Waals surface area contributed by atoms with E-state index in [1.54, 1.807) is 0 Å². The van der Waals surface area contributed by atoms with Gasteiger partial charge in [0.15, 0.2) is 0 Å². The number of carbonyl (C=O) groups is 1. The number of aliphatic carboxylic acids is 1. The van der Waals surface area contributed by atoms with Crippen LogP contribution in [0, 0.1) is 0 Å². The van der Waals surface area contributed by atoms with E-state index in [2.05, 4.69) is 9.55 Å². The summed E-state index contributed by atoms with van der Waals surface area (Å²) in [5, 5.41) is 8.94. The number of rotatable bonds is 3. The third kappa shape index (κ3) is 1.62. The van der Waals surface area contributed by atoms with Crippen molar-refractivity contribution in [2.75, 3.05) is 0 Å². The van der Waals surface area contributed by atoms with Crippen molar-refractivity contribution in [3.63, 3.8) is 0 Å². The molecule has 1 fully saturated rings. The van der Waals surface area contributed by atoms with Gasteiger partial charge >= 0.3 is 5.97 Å². The number of aromatic nitrogens is 2. The quantitative estimate of drug-likeness (QED) is 0.848. The number of hydrogen-bond acceptors (Lipinski definition) is 2. The molecule has 1 unspecified atom stereocenters. The van der Waals surface area contributed by atoms with Crippen molar-refractivity contribution in [3.05, 3.63) is 17.7 Å². The van der Waals surface area contributed by atoms with Crippen LogP contribution in [0.4, 0.5) is 0 Å². The molecule has 3 rings (SSSR count). The Morgan fingerprint density at radius 3 is 3.00 bits per heavy atom. The lowest BCUT2D eigenvalue weighted by molar-refractivity contribution is -0.137. The van der Waals surface area contributed by atoms with Crippen molar-refractivity contribution >= 4 is 5.97 Å². The van der Waals surface area contributed by atoms with Crippen molar-refractivity contribution in [3.8, 4) is 0 Å². The van der Waals surface area contributed by atoms with Gasteiger partial charge in [0.1, 0.15) is 0 Å². The zero-order valence-electron chi connectivity index (χ0n) is 9.22. The molecule has 0 amide bonds. The van der Waals surface area contributed by atoms with Gasteiger partial charge in [-0.15, -0.1) is 0 Å². The zero-order valence-corrected chi connectivity index (χ0v) is 9.22. The number of carboxylic acid groups (broad SMARTS) is 1. The molecule has 86 valence electrons. The normalized spacial score (nSPS) is 24.1. The van der Waals surface area contributed by atoms with Crippen LogP contribution in [-0.4, -0.2) is 20.6 Å². The van der Waals surface area contributed by atoms with Gasteiger partial charge in [0, 0.05) is 17.7 Å². The van der Waals surface area contributed by atoms with Crippen LogP contribution in [0.25, 0.3) is 0 Å². The Labute approximate surface area is 94.3 Å². The van der Waals surface area contributed by atoms with Gasteiger partial charge in [0.05, 0.1) is 18.4 Å². The Morgan fingerprint density at radius 2 is 2.31 bits per heavy atom. The molecule has 4 heteroatoms. The van der Waals surface area contributed by atoms with Crippen molar-refractivity contribution in [1.82, 2.24) is 9.55 Å². The van der Waals surface area contributed by atoms with Crippen molar-refractivity contribution < 1.29 is 9.90 Å². The van der Waals surface area contributed by atoms with Gasteiger partial charge < -0.3 is 9.67 Å². The highest BCUT2D eigenvalue weighted by Crippen LogP contribution is 2.41. The maximum absolute atomic E-state index is 10.9. The third-order valence-corrected chi connectivity index (χ3v) is 3.63. The highest BCUT2D eigenvalue weighted by Gasteiger charge is 2.32. The molecule has 0 spiro atoms. The summed E-state index contributed by atoms with van der Waals surface area (Å²) < 4.78 is 2.24. The monoisotopic (exact) mass is 220 g/mol. The average Bonchev–Trinajstić information content (AvgIpc) is 2.98. The fourth-order valence-electron chi connectivity index (χ4n) is 2.75. The second-order valence-corrected chi connectivity index (χ2v) is 4.90. The minimum Gasteiger partial charge on any atom is -0.481 e. The topological polar surface area (TPSA) is 55.1 Å². The molecule has 0 radical (unpaired) electrons. The summed E-state index contributed by atoms with van der Waals surface area (Å²) in [6, 6.07) is 0.602. The summed E-state index contributed by atoms with van der Waals surface area (Å²) in [5.41, 5.74) is 2.36. The molecule has 0 bridgehead atoms. The fraction of sp³-hybridized carbons (Fsp3) is 0.667. The van der Waals surface area contributed by atoms with E-state index in [1.165, 1.54) is 18.5 Å². The van der Waals surface area contributed by atoms with E-state index in [1.807, 2.05) is 6.33 Å². The fourth-order valence-corrected chi connectivity index (χ4v) is 2.75. The highest BCUT2D eigenvalue weighted by atomic mass is 16.4. The maximum atomic E-state index is 10.9. The Bertz CT molecular complexity index is 421. The van der Waals surface area contributed by atoms with E-state index in [0.29, 0.717) is 6.04 Å². The van der Waals surface area contributed by atoms with Crippen LogP contribution in [0.3, 0.4) is 0 Å². The van der Waals surface area contributed by atoms with E-state index in [9.17, 15) is 4.79 Å². The molecule has 1 N–H and O–H groups in total. The predicted octanol–water partition coefficient (Wildman–Crippen LogP) is 2.11. The molecule has 2 aliphatic rings. The SMILES string of the molecule is O=C(O)CC1CCCc2ncn(C3CC3)c21. The van der Waals surface area contributed by atoms with E-state index in [0.717, 1.165) is 25.0 Å². The predicted molar refractivity (Wildman–Crippen MR) is 58.4 cm³/mol. The van der Waals surface area contributed by atoms with Crippen LogP contribution >= 0.6 is 0 Å². The van der Waals surface area contributed by atoms with E-state index < -0.39 is 5.97 Å². The van der Waals surface area contributed by atoms with Crippen LogP contribution in [0.15, 0.2) is 6.33 Å². The number of imidazole rings is 1. The Balaban J connectivity index is 1.94. The Hall–Kier alpha value is -1.32. The number of carboxylic acids is 1. The van der Waals surface area contributed by atoms with E-state index in [4.69, 9.17) is 5.11 Å². The largest absolute Gasteiger partial charge is 0.481 e. The van der Waals surface area contributed by atoms with Gasteiger partial charge in [-0.3, -0.25) is 4.79 Å². The van der Waals surface area contributed by atoms with Crippen LogP contribution < -0.4 is 0 Å². The number of fused-ring (bicyclic) bond motifs is 1. The number of nitrogens with zero attached hydrogens (tertiary/aromatic N) is 2. The van der Waals surface area contributed by atoms with Crippen LogP contribution in [0.5, 0.6) is 0 Å². The summed E-state index contributed by atoms with van der Waals surface area (Å²) in [4.78, 5) is 15.3. The maximum Gasteiger partial charge on any atom is 0.304 e. The summed E-state index contributed by atoms with van der Waals surface area (Å²) in [7, 11) is 0. The van der Waals surface area contributed by atoms with E-state index in [-0.39, 0.29) is 12.3 Å². The highest BCUT2D eigenvalue weighted by molar-refractivity contribution is 5.68. The average molecular weight is 220 g/mol. The lowest BCUT2D eigenvalue weighted by atomic mass is 9.87. The molecule has 4 nitrogen and oxygen atoms in total. The second kappa shape index (κ2) is 3.61. The minimum absolute atomic E-state index is 0.185. The molecular formula is C12H16N2O2. The molecule has 1 aromatic rings. The van der Waals surface area contributed by atoms with Gasteiger partial charge in [-0.25, -0.2) is 4.98 Å². The molecular weight excluding hydrogens is 204 g/mol. The van der Waals surface area contributed by atoms with E-state index >= 15 is 0 Å². The summed E-state index contributed by atoms with van der Waals surface area (Å²) in [5.74, 6) is -0.509. The molecule has 1 heterocycles. The molecule has 0 saturated heterocycles. The smallest absolute Gasteiger partial charge is 0.304 e. The molecule has 1 atom stereocenters. The van der Waals surface area contributed by atoms with Crippen LogP contribution in [0.2, 0.25) is 0 Å². The van der Waals surface area contributed by atoms with Gasteiger partial charge in [0.2, 0.25) is 0 Å². The second-order valence-electron chi connectivity index (χ2n) is 4.90. The first kappa shape index (κ1) is 9.87. The van der Waals surface area contributed by atoms with Gasteiger partial charge in [0.25, 0.3) is 0 Å². The first-order valence-electron chi connectivity index (χ1n) is 6.03. The number of aryl methyl sites for hydroxylation is 1. The van der Waals surface area contributed by atoms with Gasteiger partial charge in [-0.05, 0) is 32.1 Å². The molecule has 0 aliphatic heterocycles. The third-order valence-electron chi connectivity index (χ3n) is 3.63. The van der Waals surface area contributed by atoms with Gasteiger partial charge in [-0.2, -0.15) is 0 Å². The van der Waals surface area contributed by atoms with Crippen molar-refractivity contribution in [1.29, 1.82) is 0 Å². The molecule has 0 aromatic carbocycles. The first-order valence-corrected chi connectivity index (χ1v) is 6.03. The van der Waals surface area contributed by atoms with Gasteiger partial charge in [-0.1, -0.05) is 0 Å².